The van der Waals surface area contributed by atoms with Crippen LogP contribution >= 0.6 is 23.2 Å². The van der Waals surface area contributed by atoms with Crippen LogP contribution in [-0.2, 0) is 0 Å². The lowest BCUT2D eigenvalue weighted by atomic mass is 10.1. The molecule has 2 rings (SSSR count). The van der Waals surface area contributed by atoms with E-state index in [1.54, 1.807) is 30.3 Å². The van der Waals surface area contributed by atoms with Gasteiger partial charge in [0, 0.05) is 15.6 Å². The number of nitrogens with one attached hydrogen (secondary N) is 1. The van der Waals surface area contributed by atoms with E-state index in [-0.39, 0.29) is 5.91 Å². The number of rotatable bonds is 2. The van der Waals surface area contributed by atoms with Crippen molar-refractivity contribution in [3.05, 3.63) is 63.1 Å². The highest BCUT2D eigenvalue weighted by atomic mass is 35.5. The van der Waals surface area contributed by atoms with Crippen molar-refractivity contribution in [3.8, 4) is 6.07 Å². The molecule has 5 heteroatoms. The molecule has 3 nitrogen and oxygen atoms in total. The number of hydrogen-bond acceptors (Lipinski definition) is 2. The van der Waals surface area contributed by atoms with Crippen molar-refractivity contribution in [2.24, 2.45) is 0 Å². The minimum Gasteiger partial charge on any atom is -0.321 e. The number of halogens is 2. The van der Waals surface area contributed by atoms with Gasteiger partial charge in [-0.05, 0) is 42.8 Å². The van der Waals surface area contributed by atoms with Gasteiger partial charge in [-0.15, -0.1) is 0 Å². The van der Waals surface area contributed by atoms with Crippen LogP contribution in [0.3, 0.4) is 0 Å². The van der Waals surface area contributed by atoms with Gasteiger partial charge in [0.2, 0.25) is 0 Å². The number of benzene rings is 2. The molecule has 0 spiro atoms. The van der Waals surface area contributed by atoms with Crippen molar-refractivity contribution >= 4 is 34.8 Å². The highest BCUT2D eigenvalue weighted by Gasteiger charge is 2.11. The Bertz CT molecular complexity index is 720. The summed E-state index contributed by atoms with van der Waals surface area (Å²) in [5.74, 6) is -0.342. The zero-order valence-electron chi connectivity index (χ0n) is 10.6. The van der Waals surface area contributed by atoms with E-state index in [0.29, 0.717) is 26.9 Å². The van der Waals surface area contributed by atoms with E-state index in [4.69, 9.17) is 28.5 Å². The van der Waals surface area contributed by atoms with Gasteiger partial charge >= 0.3 is 0 Å². The van der Waals surface area contributed by atoms with Gasteiger partial charge in [-0.1, -0.05) is 29.3 Å². The van der Waals surface area contributed by atoms with Gasteiger partial charge < -0.3 is 5.32 Å². The van der Waals surface area contributed by atoms with Crippen LogP contribution in [0.15, 0.2) is 36.4 Å². The molecule has 0 aliphatic carbocycles. The highest BCUT2D eigenvalue weighted by Crippen LogP contribution is 2.22. The Labute approximate surface area is 126 Å². The smallest absolute Gasteiger partial charge is 0.255 e. The fourth-order valence-corrected chi connectivity index (χ4v) is 2.00. The van der Waals surface area contributed by atoms with E-state index in [2.05, 4.69) is 5.32 Å². The third-order valence-electron chi connectivity index (χ3n) is 2.78. The van der Waals surface area contributed by atoms with Gasteiger partial charge in [-0.2, -0.15) is 5.26 Å². The summed E-state index contributed by atoms with van der Waals surface area (Å²) in [6, 6.07) is 11.7. The Morgan fingerprint density at radius 2 is 1.95 bits per heavy atom. The normalized spacial score (nSPS) is 9.90. The molecule has 1 amide bonds. The lowest BCUT2D eigenvalue weighted by Gasteiger charge is -2.08. The average molecular weight is 305 g/mol. The number of carbonyl (C=O) groups excluding carboxylic acids is 1. The Hall–Kier alpha value is -2.02. The summed E-state index contributed by atoms with van der Waals surface area (Å²) in [5, 5.41) is 12.6. The molecule has 0 saturated heterocycles. The van der Waals surface area contributed by atoms with E-state index in [1.165, 1.54) is 6.07 Å². The van der Waals surface area contributed by atoms with E-state index in [1.807, 2.05) is 13.0 Å². The predicted octanol–water partition coefficient (Wildman–Crippen LogP) is 4.43. The minimum absolute atomic E-state index is 0.342. The number of nitriles is 1. The lowest BCUT2D eigenvalue weighted by molar-refractivity contribution is 0.102. The van der Waals surface area contributed by atoms with Crippen molar-refractivity contribution in [2.45, 2.75) is 6.92 Å². The topological polar surface area (TPSA) is 52.9 Å². The maximum Gasteiger partial charge on any atom is 0.255 e. The fraction of sp³-hybridized carbons (Fsp3) is 0.0667. The zero-order chi connectivity index (χ0) is 14.7. The third kappa shape index (κ3) is 3.11. The van der Waals surface area contributed by atoms with Gasteiger partial charge in [0.25, 0.3) is 5.91 Å². The number of carbonyl (C=O) groups is 1. The first-order valence-electron chi connectivity index (χ1n) is 5.78. The Morgan fingerprint density at radius 1 is 1.20 bits per heavy atom. The minimum atomic E-state index is -0.342. The van der Waals surface area contributed by atoms with Gasteiger partial charge in [0.05, 0.1) is 11.3 Å². The van der Waals surface area contributed by atoms with Crippen molar-refractivity contribution in [2.75, 3.05) is 5.32 Å². The second kappa shape index (κ2) is 5.96. The summed E-state index contributed by atoms with van der Waals surface area (Å²) < 4.78 is 0. The number of hydrogen-bond donors (Lipinski definition) is 1. The average Bonchev–Trinajstić information content (AvgIpc) is 2.42. The first-order chi connectivity index (χ1) is 9.51. The summed E-state index contributed by atoms with van der Waals surface area (Å²) in [6.45, 7) is 1.86. The van der Waals surface area contributed by atoms with E-state index < -0.39 is 0 Å². The number of nitrogens with zero attached hydrogens (tertiary/aromatic N) is 1. The van der Waals surface area contributed by atoms with Gasteiger partial charge in [0.15, 0.2) is 0 Å². The maximum atomic E-state index is 12.1. The Balaban J connectivity index is 2.30. The fourth-order valence-electron chi connectivity index (χ4n) is 1.65. The van der Waals surface area contributed by atoms with Crippen LogP contribution in [0.5, 0.6) is 0 Å². The van der Waals surface area contributed by atoms with E-state index >= 15 is 0 Å². The van der Waals surface area contributed by atoms with E-state index in [9.17, 15) is 4.79 Å². The molecule has 1 N–H and O–H groups in total. The van der Waals surface area contributed by atoms with Crippen LogP contribution < -0.4 is 5.32 Å². The number of amides is 1. The molecule has 0 fully saturated rings. The molecule has 0 unspecified atom stereocenters. The number of aryl methyl sites for hydroxylation is 1. The van der Waals surface area contributed by atoms with Crippen LogP contribution in [-0.4, -0.2) is 5.91 Å². The molecule has 0 saturated carbocycles. The molecule has 100 valence electrons. The summed E-state index contributed by atoms with van der Waals surface area (Å²) in [6.07, 6.45) is 0. The van der Waals surface area contributed by atoms with Crippen LogP contribution in [0.4, 0.5) is 5.69 Å². The van der Waals surface area contributed by atoms with Crippen molar-refractivity contribution in [3.63, 3.8) is 0 Å². The molecule has 0 aliphatic heterocycles. The van der Waals surface area contributed by atoms with Crippen LogP contribution in [0.2, 0.25) is 10.0 Å². The molecular formula is C15H10Cl2N2O. The van der Waals surface area contributed by atoms with Crippen molar-refractivity contribution in [1.29, 1.82) is 5.26 Å². The molecule has 0 heterocycles. The summed E-state index contributed by atoms with van der Waals surface area (Å²) in [5.41, 5.74) is 2.04. The largest absolute Gasteiger partial charge is 0.321 e. The molecule has 2 aromatic rings. The lowest BCUT2D eigenvalue weighted by Crippen LogP contribution is -2.13. The quantitative estimate of drug-likeness (QED) is 0.892. The third-order valence-corrected chi connectivity index (χ3v) is 3.43. The predicted molar refractivity (Wildman–Crippen MR) is 80.3 cm³/mol. The molecule has 20 heavy (non-hydrogen) atoms. The van der Waals surface area contributed by atoms with Crippen molar-refractivity contribution < 1.29 is 4.79 Å². The monoisotopic (exact) mass is 304 g/mol. The van der Waals surface area contributed by atoms with Crippen LogP contribution in [0, 0.1) is 18.3 Å². The van der Waals surface area contributed by atoms with Crippen LogP contribution in [0.25, 0.3) is 0 Å². The standard InChI is InChI=1S/C15H10Cl2N2O/c1-9-2-3-10(6-13(9)17)15(20)19-14-7-12(16)5-4-11(14)8-18/h2-7H,1H3,(H,19,20). The summed E-state index contributed by atoms with van der Waals surface area (Å²) in [4.78, 5) is 12.1. The SMILES string of the molecule is Cc1ccc(C(=O)Nc2cc(Cl)ccc2C#N)cc1Cl. The number of anilines is 1. The summed E-state index contributed by atoms with van der Waals surface area (Å²) >= 11 is 11.9. The van der Waals surface area contributed by atoms with Crippen LogP contribution in [0.1, 0.15) is 21.5 Å². The molecular weight excluding hydrogens is 295 g/mol. The molecule has 0 radical (unpaired) electrons. The molecule has 0 atom stereocenters. The second-order valence-corrected chi connectivity index (χ2v) is 5.06. The molecule has 0 aliphatic rings. The highest BCUT2D eigenvalue weighted by molar-refractivity contribution is 6.32. The first kappa shape index (κ1) is 14.4. The second-order valence-electron chi connectivity index (χ2n) is 4.22. The van der Waals surface area contributed by atoms with Crippen molar-refractivity contribution in [1.82, 2.24) is 0 Å². The van der Waals surface area contributed by atoms with Gasteiger partial charge in [0.1, 0.15) is 6.07 Å². The molecule has 2 aromatic carbocycles. The van der Waals surface area contributed by atoms with Gasteiger partial charge in [-0.25, -0.2) is 0 Å². The van der Waals surface area contributed by atoms with E-state index in [0.717, 1.165) is 5.56 Å². The zero-order valence-corrected chi connectivity index (χ0v) is 12.1. The first-order valence-corrected chi connectivity index (χ1v) is 6.54. The maximum absolute atomic E-state index is 12.1. The Kier molecular flexibility index (Phi) is 4.29. The van der Waals surface area contributed by atoms with Gasteiger partial charge in [-0.3, -0.25) is 4.79 Å². The molecule has 0 bridgehead atoms. The summed E-state index contributed by atoms with van der Waals surface area (Å²) in [7, 11) is 0. The Morgan fingerprint density at radius 3 is 2.60 bits per heavy atom. The molecule has 0 aromatic heterocycles.